The van der Waals surface area contributed by atoms with Crippen LogP contribution in [0.1, 0.15) is 47.1 Å². The van der Waals surface area contributed by atoms with Crippen molar-refractivity contribution >= 4 is 12.6 Å². The third-order valence-corrected chi connectivity index (χ3v) is 4.03. The summed E-state index contributed by atoms with van der Waals surface area (Å²) in [5, 5.41) is 0. The van der Waals surface area contributed by atoms with Gasteiger partial charge < -0.3 is 15.0 Å². The van der Waals surface area contributed by atoms with Gasteiger partial charge in [-0.05, 0) is 47.1 Å². The Hall–Kier alpha value is -0.905. The van der Waals surface area contributed by atoms with Crippen LogP contribution in [0.4, 0.5) is 0 Å². The first-order chi connectivity index (χ1) is 8.53. The molecule has 1 aliphatic heterocycles. The molecule has 5 heteroatoms. The van der Waals surface area contributed by atoms with Crippen molar-refractivity contribution in [3.05, 3.63) is 24.0 Å². The standard InChI is InChI=1S/C14H23BN2O2/c1-12(2,16)10-7-11(9-17-8-10)15-18-13(3,4)14(5,6)19-15/h7-9H,16H2,1-6H3. The average Bonchev–Trinajstić information content (AvgIpc) is 2.47. The van der Waals surface area contributed by atoms with Crippen molar-refractivity contribution in [2.75, 3.05) is 0 Å². The lowest BCUT2D eigenvalue weighted by Crippen LogP contribution is -2.41. The Morgan fingerprint density at radius 3 is 2.11 bits per heavy atom. The molecule has 0 bridgehead atoms. The van der Waals surface area contributed by atoms with E-state index in [2.05, 4.69) is 4.98 Å². The summed E-state index contributed by atoms with van der Waals surface area (Å²) < 4.78 is 12.0. The minimum atomic E-state index is -0.424. The maximum absolute atomic E-state index is 6.11. The largest absolute Gasteiger partial charge is 0.496 e. The molecule has 2 N–H and O–H groups in total. The Bertz CT molecular complexity index is 465. The zero-order valence-electron chi connectivity index (χ0n) is 12.7. The Balaban J connectivity index is 2.30. The van der Waals surface area contributed by atoms with E-state index in [1.54, 1.807) is 12.4 Å². The molecule has 0 atom stereocenters. The summed E-state index contributed by atoms with van der Waals surface area (Å²) in [5.74, 6) is 0. The Labute approximate surface area is 115 Å². The number of nitrogens with two attached hydrogens (primary N) is 1. The number of aromatic nitrogens is 1. The van der Waals surface area contributed by atoms with E-state index in [0.717, 1.165) is 11.0 Å². The van der Waals surface area contributed by atoms with Crippen LogP contribution in [-0.4, -0.2) is 23.3 Å². The fraction of sp³-hybridized carbons (Fsp3) is 0.643. The molecule has 1 aromatic heterocycles. The van der Waals surface area contributed by atoms with Gasteiger partial charge in [0.1, 0.15) is 0 Å². The number of nitrogens with zero attached hydrogens (tertiary/aromatic N) is 1. The lowest BCUT2D eigenvalue weighted by molar-refractivity contribution is 0.00578. The van der Waals surface area contributed by atoms with Crippen LogP contribution in [0.3, 0.4) is 0 Å². The van der Waals surface area contributed by atoms with Gasteiger partial charge in [-0.15, -0.1) is 0 Å². The molecular formula is C14H23BN2O2. The van der Waals surface area contributed by atoms with Gasteiger partial charge in [-0.25, -0.2) is 0 Å². The van der Waals surface area contributed by atoms with Crippen LogP contribution < -0.4 is 11.2 Å². The minimum Gasteiger partial charge on any atom is -0.399 e. The van der Waals surface area contributed by atoms with Crippen molar-refractivity contribution in [1.29, 1.82) is 0 Å². The Morgan fingerprint density at radius 2 is 1.63 bits per heavy atom. The molecule has 104 valence electrons. The molecule has 1 fully saturated rings. The zero-order chi connectivity index (χ0) is 14.5. The maximum Gasteiger partial charge on any atom is 0.496 e. The van der Waals surface area contributed by atoms with Gasteiger partial charge in [-0.3, -0.25) is 4.98 Å². The van der Waals surface area contributed by atoms with Gasteiger partial charge in [-0.2, -0.15) is 0 Å². The fourth-order valence-corrected chi connectivity index (χ4v) is 1.92. The SMILES string of the molecule is CC(C)(N)c1cncc(B2OC(C)(C)C(C)(C)O2)c1. The average molecular weight is 262 g/mol. The number of hydrogen-bond donors (Lipinski definition) is 1. The van der Waals surface area contributed by atoms with Gasteiger partial charge in [0, 0.05) is 23.4 Å². The summed E-state index contributed by atoms with van der Waals surface area (Å²) in [6.07, 6.45) is 3.56. The number of rotatable bonds is 2. The first-order valence-corrected chi connectivity index (χ1v) is 6.63. The van der Waals surface area contributed by atoms with Crippen LogP contribution in [0.25, 0.3) is 0 Å². The van der Waals surface area contributed by atoms with E-state index in [4.69, 9.17) is 15.0 Å². The Morgan fingerprint density at radius 1 is 1.11 bits per heavy atom. The molecule has 0 unspecified atom stereocenters. The maximum atomic E-state index is 6.11. The number of pyridine rings is 1. The molecular weight excluding hydrogens is 239 g/mol. The molecule has 4 nitrogen and oxygen atoms in total. The van der Waals surface area contributed by atoms with Crippen molar-refractivity contribution in [2.24, 2.45) is 5.73 Å². The van der Waals surface area contributed by atoms with E-state index >= 15 is 0 Å². The van der Waals surface area contributed by atoms with Crippen molar-refractivity contribution in [3.63, 3.8) is 0 Å². The molecule has 2 rings (SSSR count). The molecule has 0 saturated carbocycles. The van der Waals surface area contributed by atoms with Gasteiger partial charge in [0.15, 0.2) is 0 Å². The molecule has 1 saturated heterocycles. The van der Waals surface area contributed by atoms with E-state index in [9.17, 15) is 0 Å². The molecule has 1 aromatic rings. The van der Waals surface area contributed by atoms with Gasteiger partial charge in [-0.1, -0.05) is 6.07 Å². The summed E-state index contributed by atoms with van der Waals surface area (Å²) in [6, 6.07) is 2.01. The van der Waals surface area contributed by atoms with Crippen LogP contribution in [0.15, 0.2) is 18.5 Å². The van der Waals surface area contributed by atoms with Gasteiger partial charge in [0.2, 0.25) is 0 Å². The third-order valence-electron chi connectivity index (χ3n) is 4.03. The first-order valence-electron chi connectivity index (χ1n) is 6.63. The highest BCUT2D eigenvalue weighted by atomic mass is 16.7. The molecule has 19 heavy (non-hydrogen) atoms. The lowest BCUT2D eigenvalue weighted by atomic mass is 9.78. The summed E-state index contributed by atoms with van der Waals surface area (Å²) >= 11 is 0. The minimum absolute atomic E-state index is 0.341. The molecule has 0 amide bonds. The fourth-order valence-electron chi connectivity index (χ4n) is 1.92. The van der Waals surface area contributed by atoms with E-state index in [1.165, 1.54) is 0 Å². The smallest absolute Gasteiger partial charge is 0.399 e. The molecule has 1 aliphatic rings. The van der Waals surface area contributed by atoms with Crippen molar-refractivity contribution < 1.29 is 9.31 Å². The van der Waals surface area contributed by atoms with E-state index in [-0.39, 0.29) is 18.3 Å². The predicted octanol–water partition coefficient (Wildman–Crippen LogP) is 1.57. The van der Waals surface area contributed by atoms with E-state index in [1.807, 2.05) is 47.6 Å². The second kappa shape index (κ2) is 4.30. The zero-order valence-corrected chi connectivity index (χ0v) is 12.7. The van der Waals surface area contributed by atoms with Crippen molar-refractivity contribution in [3.8, 4) is 0 Å². The lowest BCUT2D eigenvalue weighted by Gasteiger charge is -2.32. The molecule has 0 aliphatic carbocycles. The number of hydrogen-bond acceptors (Lipinski definition) is 4. The first kappa shape index (κ1) is 14.5. The van der Waals surface area contributed by atoms with Crippen LogP contribution in [0.5, 0.6) is 0 Å². The molecule has 0 aromatic carbocycles. The van der Waals surface area contributed by atoms with Crippen molar-refractivity contribution in [1.82, 2.24) is 4.98 Å². The second-order valence-corrected chi connectivity index (χ2v) is 6.82. The Kier molecular flexibility index (Phi) is 3.28. The van der Waals surface area contributed by atoms with Crippen LogP contribution >= 0.6 is 0 Å². The van der Waals surface area contributed by atoms with Gasteiger partial charge in [0.05, 0.1) is 11.2 Å². The van der Waals surface area contributed by atoms with E-state index < -0.39 is 5.54 Å². The predicted molar refractivity (Wildman–Crippen MR) is 77.2 cm³/mol. The summed E-state index contributed by atoms with van der Waals surface area (Å²) in [5.41, 5.74) is 6.89. The molecule has 0 radical (unpaired) electrons. The molecule has 0 spiro atoms. The highest BCUT2D eigenvalue weighted by Gasteiger charge is 2.51. The summed E-state index contributed by atoms with van der Waals surface area (Å²) in [6.45, 7) is 12.1. The molecule has 2 heterocycles. The third kappa shape index (κ3) is 2.68. The normalized spacial score (nSPS) is 21.7. The second-order valence-electron chi connectivity index (χ2n) is 6.82. The quantitative estimate of drug-likeness (QED) is 0.822. The summed E-state index contributed by atoms with van der Waals surface area (Å²) in [4.78, 5) is 4.25. The highest BCUT2D eigenvalue weighted by Crippen LogP contribution is 2.36. The highest BCUT2D eigenvalue weighted by molar-refractivity contribution is 6.62. The van der Waals surface area contributed by atoms with Crippen LogP contribution in [-0.2, 0) is 14.8 Å². The van der Waals surface area contributed by atoms with Crippen LogP contribution in [0.2, 0.25) is 0 Å². The van der Waals surface area contributed by atoms with E-state index in [0.29, 0.717) is 0 Å². The monoisotopic (exact) mass is 262 g/mol. The van der Waals surface area contributed by atoms with Gasteiger partial charge >= 0.3 is 7.12 Å². The van der Waals surface area contributed by atoms with Crippen molar-refractivity contribution in [2.45, 2.75) is 58.3 Å². The van der Waals surface area contributed by atoms with Gasteiger partial charge in [0.25, 0.3) is 0 Å². The summed E-state index contributed by atoms with van der Waals surface area (Å²) in [7, 11) is -0.389. The topological polar surface area (TPSA) is 57.4 Å². The van der Waals surface area contributed by atoms with Crippen LogP contribution in [0, 0.1) is 0 Å².